The van der Waals surface area contributed by atoms with Crippen molar-refractivity contribution in [2.45, 2.75) is 18.7 Å². The molecule has 0 aliphatic carbocycles. The van der Waals surface area contributed by atoms with Gasteiger partial charge in [-0.15, -0.1) is 0 Å². The minimum atomic E-state index is -4.24. The third-order valence-electron chi connectivity index (χ3n) is 2.53. The van der Waals surface area contributed by atoms with Crippen molar-refractivity contribution < 1.29 is 17.6 Å². The molecular weight excluding hydrogens is 351 g/mol. The third-order valence-corrected chi connectivity index (χ3v) is 3.89. The quantitative estimate of drug-likeness (QED) is 0.884. The van der Waals surface area contributed by atoms with E-state index in [1.807, 2.05) is 13.8 Å². The Morgan fingerprint density at radius 1 is 1.45 bits per heavy atom. The molecule has 0 aliphatic rings. The van der Waals surface area contributed by atoms with Gasteiger partial charge >= 0.3 is 0 Å². The van der Waals surface area contributed by atoms with E-state index in [-0.39, 0.29) is 16.0 Å². The molecule has 0 heterocycles. The van der Waals surface area contributed by atoms with Crippen LogP contribution < -0.4 is 5.14 Å². The zero-order valence-corrected chi connectivity index (χ0v) is 13.8. The Morgan fingerprint density at radius 3 is 2.45 bits per heavy atom. The van der Waals surface area contributed by atoms with Crippen LogP contribution in [0.15, 0.2) is 21.5 Å². The van der Waals surface area contributed by atoms with Crippen molar-refractivity contribution in [2.75, 3.05) is 13.6 Å². The minimum absolute atomic E-state index is 0.205. The molecule has 0 bridgehead atoms. The summed E-state index contributed by atoms with van der Waals surface area (Å²) in [5.74, 6) is -1.52. The Morgan fingerprint density at radius 2 is 2.00 bits per heavy atom. The Labute approximate surface area is 126 Å². The number of sulfonamides is 1. The highest BCUT2D eigenvalue weighted by atomic mass is 79.9. The number of nitrogens with two attached hydrogens (primary N) is 1. The first-order valence-corrected chi connectivity index (χ1v) is 8.15. The molecular formula is C12H16BrFN2O3S. The molecule has 0 saturated carbocycles. The van der Waals surface area contributed by atoms with Gasteiger partial charge in [0, 0.05) is 18.1 Å². The zero-order chi connectivity index (χ0) is 15.7. The lowest BCUT2D eigenvalue weighted by atomic mass is 10.1. The number of primary sulfonamides is 1. The fourth-order valence-corrected chi connectivity index (χ4v) is 3.02. The molecule has 1 aromatic carbocycles. The lowest BCUT2D eigenvalue weighted by Crippen LogP contribution is -2.31. The highest BCUT2D eigenvalue weighted by Crippen LogP contribution is 2.24. The Kier molecular flexibility index (Phi) is 5.28. The summed E-state index contributed by atoms with van der Waals surface area (Å²) in [5.41, 5.74) is -0.327. The number of hydrogen-bond donors (Lipinski definition) is 1. The highest BCUT2D eigenvalue weighted by molar-refractivity contribution is 9.10. The number of nitrogens with zero attached hydrogens (tertiary/aromatic N) is 1. The van der Waals surface area contributed by atoms with Crippen LogP contribution >= 0.6 is 15.9 Å². The van der Waals surface area contributed by atoms with Gasteiger partial charge in [0.25, 0.3) is 5.91 Å². The smallest absolute Gasteiger partial charge is 0.256 e. The molecule has 2 N–H and O–H groups in total. The molecule has 0 fully saturated rings. The molecule has 1 rings (SSSR count). The minimum Gasteiger partial charge on any atom is -0.341 e. The topological polar surface area (TPSA) is 80.5 Å². The first-order chi connectivity index (χ1) is 9.04. The van der Waals surface area contributed by atoms with E-state index in [1.54, 1.807) is 0 Å². The molecule has 1 amide bonds. The summed E-state index contributed by atoms with van der Waals surface area (Å²) in [6.07, 6.45) is 0. The summed E-state index contributed by atoms with van der Waals surface area (Å²) >= 11 is 3.05. The number of hydrogen-bond acceptors (Lipinski definition) is 3. The molecule has 1 aromatic rings. The second-order valence-electron chi connectivity index (χ2n) is 4.89. The maximum Gasteiger partial charge on any atom is 0.256 e. The van der Waals surface area contributed by atoms with E-state index in [0.29, 0.717) is 6.54 Å². The maximum absolute atomic E-state index is 14.2. The first-order valence-electron chi connectivity index (χ1n) is 5.81. The van der Waals surface area contributed by atoms with Crippen LogP contribution in [0.2, 0.25) is 0 Å². The average Bonchev–Trinajstić information content (AvgIpc) is 2.28. The van der Waals surface area contributed by atoms with Gasteiger partial charge in [-0.2, -0.15) is 0 Å². The molecule has 0 radical (unpaired) electrons. The van der Waals surface area contributed by atoms with E-state index >= 15 is 0 Å². The molecule has 5 nitrogen and oxygen atoms in total. The van der Waals surface area contributed by atoms with Crippen LogP contribution in [-0.4, -0.2) is 32.8 Å². The molecule has 0 atom stereocenters. The standard InChI is InChI=1S/C12H16BrFN2O3S/c1-7(2)6-16(3)12(17)9-4-8(13)5-10(11(9)14)20(15,18)19/h4-5,7H,6H2,1-3H3,(H2,15,18,19). The van der Waals surface area contributed by atoms with Crippen LogP contribution in [0.25, 0.3) is 0 Å². The van der Waals surface area contributed by atoms with E-state index < -0.39 is 26.6 Å². The van der Waals surface area contributed by atoms with Crippen molar-refractivity contribution in [1.29, 1.82) is 0 Å². The van der Waals surface area contributed by atoms with Crippen LogP contribution in [-0.2, 0) is 10.0 Å². The van der Waals surface area contributed by atoms with E-state index in [2.05, 4.69) is 15.9 Å². The monoisotopic (exact) mass is 366 g/mol. The summed E-state index contributed by atoms with van der Waals surface area (Å²) in [4.78, 5) is 12.8. The molecule has 20 heavy (non-hydrogen) atoms. The van der Waals surface area contributed by atoms with Gasteiger partial charge in [-0.05, 0) is 18.1 Å². The van der Waals surface area contributed by atoms with Crippen molar-refractivity contribution in [3.8, 4) is 0 Å². The number of rotatable bonds is 4. The average molecular weight is 367 g/mol. The predicted molar refractivity (Wildman–Crippen MR) is 77.3 cm³/mol. The summed E-state index contributed by atoms with van der Waals surface area (Å²) < 4.78 is 37.1. The fraction of sp³-hybridized carbons (Fsp3) is 0.417. The van der Waals surface area contributed by atoms with E-state index in [1.165, 1.54) is 18.0 Å². The van der Waals surface area contributed by atoms with Gasteiger partial charge < -0.3 is 4.90 Å². The van der Waals surface area contributed by atoms with Gasteiger partial charge in [-0.1, -0.05) is 29.8 Å². The summed E-state index contributed by atoms with van der Waals surface area (Å²) in [5, 5.41) is 4.94. The number of carbonyl (C=O) groups is 1. The Hall–Kier alpha value is -0.990. The number of amides is 1. The zero-order valence-electron chi connectivity index (χ0n) is 11.4. The Bertz CT molecular complexity index is 632. The summed E-state index contributed by atoms with van der Waals surface area (Å²) in [6.45, 7) is 4.25. The first kappa shape index (κ1) is 17.1. The number of benzene rings is 1. The Balaban J connectivity index is 3.33. The van der Waals surface area contributed by atoms with Crippen LogP contribution in [0.3, 0.4) is 0 Å². The third kappa shape index (κ3) is 4.00. The van der Waals surface area contributed by atoms with Gasteiger partial charge in [0.1, 0.15) is 4.90 Å². The van der Waals surface area contributed by atoms with Crippen LogP contribution in [0.1, 0.15) is 24.2 Å². The van der Waals surface area contributed by atoms with Crippen molar-refractivity contribution in [1.82, 2.24) is 4.90 Å². The normalized spacial score (nSPS) is 11.8. The maximum atomic E-state index is 14.2. The van der Waals surface area contributed by atoms with Crippen LogP contribution in [0.4, 0.5) is 4.39 Å². The molecule has 0 unspecified atom stereocenters. The molecule has 112 valence electrons. The molecule has 0 aliphatic heterocycles. The highest BCUT2D eigenvalue weighted by Gasteiger charge is 2.24. The predicted octanol–water partition coefficient (Wildman–Crippen LogP) is 1.96. The van der Waals surface area contributed by atoms with Gasteiger partial charge in [0.2, 0.25) is 10.0 Å². The second-order valence-corrected chi connectivity index (χ2v) is 7.34. The largest absolute Gasteiger partial charge is 0.341 e. The van der Waals surface area contributed by atoms with Crippen molar-refractivity contribution >= 4 is 31.9 Å². The van der Waals surface area contributed by atoms with Gasteiger partial charge in [-0.25, -0.2) is 17.9 Å². The molecule has 0 saturated heterocycles. The van der Waals surface area contributed by atoms with E-state index in [9.17, 15) is 17.6 Å². The van der Waals surface area contributed by atoms with E-state index in [0.717, 1.165) is 6.07 Å². The van der Waals surface area contributed by atoms with Crippen molar-refractivity contribution in [3.05, 3.63) is 28.0 Å². The van der Waals surface area contributed by atoms with Gasteiger partial charge in [0.05, 0.1) is 5.56 Å². The fourth-order valence-electron chi connectivity index (χ4n) is 1.76. The number of carbonyl (C=O) groups excluding carboxylic acids is 1. The van der Waals surface area contributed by atoms with Crippen LogP contribution in [0, 0.1) is 11.7 Å². The van der Waals surface area contributed by atoms with Gasteiger partial charge in [0.15, 0.2) is 5.82 Å². The lowest BCUT2D eigenvalue weighted by molar-refractivity contribution is 0.0774. The molecule has 8 heteroatoms. The van der Waals surface area contributed by atoms with Crippen molar-refractivity contribution in [2.24, 2.45) is 11.1 Å². The SMILES string of the molecule is CC(C)CN(C)C(=O)c1cc(Br)cc(S(N)(=O)=O)c1F. The van der Waals surface area contributed by atoms with Crippen LogP contribution in [0.5, 0.6) is 0 Å². The lowest BCUT2D eigenvalue weighted by Gasteiger charge is -2.20. The second kappa shape index (κ2) is 6.19. The summed E-state index contributed by atoms with van der Waals surface area (Å²) in [7, 11) is -2.71. The summed E-state index contributed by atoms with van der Waals surface area (Å²) in [6, 6.07) is 2.27. The van der Waals surface area contributed by atoms with Crippen molar-refractivity contribution in [3.63, 3.8) is 0 Å². The molecule has 0 aromatic heterocycles. The molecule has 0 spiro atoms. The van der Waals surface area contributed by atoms with Gasteiger partial charge in [-0.3, -0.25) is 4.79 Å². The number of halogens is 2. The van der Waals surface area contributed by atoms with E-state index in [4.69, 9.17) is 5.14 Å².